The molecule has 0 aromatic heterocycles. The number of methoxy groups -OCH3 is 1. The van der Waals surface area contributed by atoms with Crippen molar-refractivity contribution in [2.75, 3.05) is 13.7 Å². The van der Waals surface area contributed by atoms with Gasteiger partial charge in [-0.15, -0.1) is 0 Å². The second-order valence-corrected chi connectivity index (χ2v) is 6.84. The van der Waals surface area contributed by atoms with Crippen LogP contribution in [0, 0.1) is 0 Å². The fourth-order valence-electron chi connectivity index (χ4n) is 2.13. The van der Waals surface area contributed by atoms with Crippen LogP contribution in [0.5, 0.6) is 5.75 Å². The van der Waals surface area contributed by atoms with Gasteiger partial charge >= 0.3 is 0 Å². The molecule has 1 heterocycles. The summed E-state index contributed by atoms with van der Waals surface area (Å²) in [7, 11) is 1.55. The molecule has 1 aliphatic rings. The lowest BCUT2D eigenvalue weighted by atomic mass is 10.0. The molecule has 7 heteroatoms. The zero-order valence-corrected chi connectivity index (χ0v) is 14.9. The van der Waals surface area contributed by atoms with E-state index in [2.05, 4.69) is 15.9 Å². The number of rotatable bonds is 4. The first-order valence-corrected chi connectivity index (χ1v) is 8.25. The molecule has 1 unspecified atom stereocenters. The molecule has 21 heavy (non-hydrogen) atoms. The first-order valence-electron chi connectivity index (χ1n) is 6.21. The standard InChI is InChI=1S/C14H13BrF2INO2/c1-21-8-2-3-9(10(15)6-8)12-5-4-11(18)14(20)19(12)7-13(16)17/h2-3,5-6,11,13H,4,7H2,1H3. The molecule has 0 radical (unpaired) electrons. The van der Waals surface area contributed by atoms with E-state index in [0.29, 0.717) is 27.9 Å². The fourth-order valence-corrected chi connectivity index (χ4v) is 3.28. The number of amides is 1. The lowest BCUT2D eigenvalue weighted by Crippen LogP contribution is -2.40. The minimum absolute atomic E-state index is 0.281. The van der Waals surface area contributed by atoms with Gasteiger partial charge in [0.05, 0.1) is 17.6 Å². The zero-order valence-electron chi connectivity index (χ0n) is 11.2. The molecule has 1 aromatic rings. The van der Waals surface area contributed by atoms with Gasteiger partial charge in [0.25, 0.3) is 6.43 Å². The first-order chi connectivity index (χ1) is 9.93. The molecular formula is C14H13BrF2INO2. The number of ether oxygens (including phenoxy) is 1. The lowest BCUT2D eigenvalue weighted by molar-refractivity contribution is -0.128. The number of carbonyl (C=O) groups is 1. The molecule has 0 bridgehead atoms. The van der Waals surface area contributed by atoms with Crippen LogP contribution < -0.4 is 4.74 Å². The third kappa shape index (κ3) is 3.74. The zero-order chi connectivity index (χ0) is 15.6. The highest BCUT2D eigenvalue weighted by atomic mass is 127. The Morgan fingerprint density at radius 1 is 1.52 bits per heavy atom. The van der Waals surface area contributed by atoms with Crippen LogP contribution in [0.4, 0.5) is 8.78 Å². The summed E-state index contributed by atoms with van der Waals surface area (Å²) in [6.07, 6.45) is -0.212. The van der Waals surface area contributed by atoms with E-state index in [1.165, 1.54) is 0 Å². The van der Waals surface area contributed by atoms with Crippen LogP contribution in [0.1, 0.15) is 12.0 Å². The Kier molecular flexibility index (Phi) is 5.59. The van der Waals surface area contributed by atoms with Crippen LogP contribution in [0.2, 0.25) is 0 Å². The molecule has 1 amide bonds. The highest BCUT2D eigenvalue weighted by Gasteiger charge is 2.31. The van der Waals surface area contributed by atoms with Crippen LogP contribution in [-0.4, -0.2) is 34.8 Å². The summed E-state index contributed by atoms with van der Waals surface area (Å²) in [5, 5.41) is 0. The van der Waals surface area contributed by atoms with Crippen molar-refractivity contribution in [2.24, 2.45) is 0 Å². The smallest absolute Gasteiger partial charge is 0.256 e. The number of hydrogen-bond donors (Lipinski definition) is 0. The molecule has 1 aromatic carbocycles. The van der Waals surface area contributed by atoms with Crippen LogP contribution in [0.15, 0.2) is 28.7 Å². The Hall–Kier alpha value is -0.700. The SMILES string of the molecule is COc1ccc(C2=CCC(I)C(=O)N2CC(F)F)c(Br)c1. The van der Waals surface area contributed by atoms with Crippen molar-refractivity contribution in [1.82, 2.24) is 4.90 Å². The van der Waals surface area contributed by atoms with Crippen LogP contribution in [0.3, 0.4) is 0 Å². The Labute approximate surface area is 143 Å². The van der Waals surface area contributed by atoms with Crippen molar-refractivity contribution in [3.8, 4) is 5.75 Å². The van der Waals surface area contributed by atoms with E-state index >= 15 is 0 Å². The van der Waals surface area contributed by atoms with Crippen molar-refractivity contribution in [3.05, 3.63) is 34.3 Å². The molecule has 0 saturated heterocycles. The molecule has 1 atom stereocenters. The minimum Gasteiger partial charge on any atom is -0.497 e. The number of carbonyl (C=O) groups excluding carboxylic acids is 1. The summed E-state index contributed by atoms with van der Waals surface area (Å²) in [6, 6.07) is 5.24. The van der Waals surface area contributed by atoms with Crippen molar-refractivity contribution in [2.45, 2.75) is 16.8 Å². The van der Waals surface area contributed by atoms with Gasteiger partial charge in [-0.3, -0.25) is 4.79 Å². The van der Waals surface area contributed by atoms with E-state index in [0.717, 1.165) is 4.90 Å². The second kappa shape index (κ2) is 7.04. The second-order valence-electron chi connectivity index (χ2n) is 4.48. The number of hydrogen-bond acceptors (Lipinski definition) is 2. The van der Waals surface area contributed by atoms with Crippen molar-refractivity contribution in [1.29, 1.82) is 0 Å². The molecular weight excluding hydrogens is 459 g/mol. The molecule has 0 saturated carbocycles. The van der Waals surface area contributed by atoms with Gasteiger partial charge in [0.1, 0.15) is 5.75 Å². The normalized spacial score (nSPS) is 19.0. The van der Waals surface area contributed by atoms with Gasteiger partial charge in [-0.2, -0.15) is 0 Å². The predicted molar refractivity (Wildman–Crippen MR) is 88.8 cm³/mol. The van der Waals surface area contributed by atoms with Crippen LogP contribution in [0.25, 0.3) is 5.70 Å². The summed E-state index contributed by atoms with van der Waals surface area (Å²) in [5.74, 6) is 0.372. The highest BCUT2D eigenvalue weighted by molar-refractivity contribution is 14.1. The minimum atomic E-state index is -2.57. The molecule has 3 nitrogen and oxygen atoms in total. The number of nitrogens with zero attached hydrogens (tertiary/aromatic N) is 1. The third-order valence-corrected chi connectivity index (χ3v) is 4.81. The Morgan fingerprint density at radius 2 is 2.24 bits per heavy atom. The van der Waals surface area contributed by atoms with Gasteiger partial charge in [-0.1, -0.05) is 28.7 Å². The van der Waals surface area contributed by atoms with Gasteiger partial charge in [0.15, 0.2) is 0 Å². The molecule has 2 rings (SSSR count). The van der Waals surface area contributed by atoms with E-state index in [-0.39, 0.29) is 9.83 Å². The number of alkyl halides is 3. The summed E-state index contributed by atoms with van der Waals surface area (Å²) < 4.78 is 31.1. The van der Waals surface area contributed by atoms with Gasteiger partial charge in [-0.25, -0.2) is 8.78 Å². The van der Waals surface area contributed by atoms with Crippen molar-refractivity contribution in [3.63, 3.8) is 0 Å². The summed E-state index contributed by atoms with van der Waals surface area (Å²) in [4.78, 5) is 13.3. The van der Waals surface area contributed by atoms with E-state index < -0.39 is 13.0 Å². The molecule has 0 spiro atoms. The number of allylic oxidation sites excluding steroid dienone is 1. The molecule has 1 aliphatic heterocycles. The molecule has 114 valence electrons. The Bertz CT molecular complexity index is 580. The number of halogens is 4. The average molecular weight is 472 g/mol. The van der Waals surface area contributed by atoms with E-state index in [1.54, 1.807) is 25.3 Å². The predicted octanol–water partition coefficient (Wildman–Crippen LogP) is 4.10. The molecule has 0 fully saturated rings. The topological polar surface area (TPSA) is 29.5 Å². The monoisotopic (exact) mass is 471 g/mol. The van der Waals surface area contributed by atoms with Crippen LogP contribution >= 0.6 is 38.5 Å². The van der Waals surface area contributed by atoms with Gasteiger partial charge in [0, 0.05) is 15.7 Å². The number of benzene rings is 1. The summed E-state index contributed by atoms with van der Waals surface area (Å²) in [6.45, 7) is -0.595. The Morgan fingerprint density at radius 3 is 2.81 bits per heavy atom. The first kappa shape index (κ1) is 16.7. The molecule has 0 aliphatic carbocycles. The van der Waals surface area contributed by atoms with E-state index in [9.17, 15) is 13.6 Å². The largest absolute Gasteiger partial charge is 0.497 e. The van der Waals surface area contributed by atoms with Crippen LogP contribution in [-0.2, 0) is 4.79 Å². The summed E-state index contributed by atoms with van der Waals surface area (Å²) >= 11 is 5.39. The highest BCUT2D eigenvalue weighted by Crippen LogP contribution is 2.35. The maximum absolute atomic E-state index is 12.8. The van der Waals surface area contributed by atoms with Gasteiger partial charge < -0.3 is 9.64 Å². The van der Waals surface area contributed by atoms with Crippen molar-refractivity contribution >= 4 is 50.1 Å². The average Bonchev–Trinajstić information content (AvgIpc) is 2.44. The van der Waals surface area contributed by atoms with E-state index in [1.807, 2.05) is 28.7 Å². The van der Waals surface area contributed by atoms with Gasteiger partial charge in [0.2, 0.25) is 5.91 Å². The Balaban J connectivity index is 2.41. The third-order valence-electron chi connectivity index (χ3n) is 3.12. The maximum atomic E-state index is 12.8. The summed E-state index contributed by atoms with van der Waals surface area (Å²) in [5.41, 5.74) is 1.22. The quantitative estimate of drug-likeness (QED) is 0.488. The van der Waals surface area contributed by atoms with Gasteiger partial charge in [-0.05, 0) is 40.5 Å². The van der Waals surface area contributed by atoms with E-state index in [4.69, 9.17) is 4.74 Å². The lowest BCUT2D eigenvalue weighted by Gasteiger charge is -2.31. The van der Waals surface area contributed by atoms with Crippen molar-refractivity contribution < 1.29 is 18.3 Å². The fraction of sp³-hybridized carbons (Fsp3) is 0.357. The molecule has 0 N–H and O–H groups in total. The maximum Gasteiger partial charge on any atom is 0.256 e.